The van der Waals surface area contributed by atoms with Crippen molar-refractivity contribution >= 4 is 5.96 Å². The molecule has 0 amide bonds. The van der Waals surface area contributed by atoms with Crippen LogP contribution in [0.3, 0.4) is 0 Å². The van der Waals surface area contributed by atoms with Gasteiger partial charge in [-0.25, -0.2) is 4.98 Å². The van der Waals surface area contributed by atoms with E-state index in [9.17, 15) is 0 Å². The van der Waals surface area contributed by atoms with Crippen LogP contribution in [0.5, 0.6) is 11.5 Å². The van der Waals surface area contributed by atoms with Gasteiger partial charge in [0.25, 0.3) is 0 Å². The van der Waals surface area contributed by atoms with E-state index in [0.717, 1.165) is 22.7 Å². The van der Waals surface area contributed by atoms with Gasteiger partial charge in [0.15, 0.2) is 17.5 Å². The highest BCUT2D eigenvalue weighted by molar-refractivity contribution is 5.79. The number of para-hydroxylation sites is 3. The van der Waals surface area contributed by atoms with Crippen LogP contribution < -0.4 is 20.1 Å². The molecule has 0 aliphatic rings. The number of ether oxygens (including phenoxy) is 2. The molecule has 3 aromatic rings. The number of aliphatic imine (C=N–C) groups is 1. The summed E-state index contributed by atoms with van der Waals surface area (Å²) in [5, 5.41) is 6.66. The highest BCUT2D eigenvalue weighted by Gasteiger charge is 2.10. The summed E-state index contributed by atoms with van der Waals surface area (Å²) in [6.07, 6.45) is 5.43. The molecule has 0 aliphatic carbocycles. The maximum atomic E-state index is 5.98. The number of imidazole rings is 1. The number of nitrogens with zero attached hydrogens (tertiary/aromatic N) is 3. The Balaban J connectivity index is 1.54. The van der Waals surface area contributed by atoms with E-state index in [1.165, 1.54) is 0 Å². The molecule has 7 nitrogen and oxygen atoms in total. The first-order valence-corrected chi connectivity index (χ1v) is 9.51. The number of aromatic nitrogens is 2. The lowest BCUT2D eigenvalue weighted by Gasteiger charge is -2.19. The first-order valence-electron chi connectivity index (χ1n) is 9.51. The molecule has 0 fully saturated rings. The minimum Gasteiger partial charge on any atom is -0.493 e. The van der Waals surface area contributed by atoms with Crippen LogP contribution >= 0.6 is 0 Å². The topological polar surface area (TPSA) is 72.7 Å². The van der Waals surface area contributed by atoms with Crippen molar-refractivity contribution in [2.24, 2.45) is 4.99 Å². The summed E-state index contributed by atoms with van der Waals surface area (Å²) >= 11 is 0. The Morgan fingerprint density at radius 1 is 1.10 bits per heavy atom. The van der Waals surface area contributed by atoms with E-state index in [-0.39, 0.29) is 6.10 Å². The molecule has 0 bridgehead atoms. The highest BCUT2D eigenvalue weighted by atomic mass is 16.5. The molecule has 0 saturated heterocycles. The van der Waals surface area contributed by atoms with Crippen molar-refractivity contribution < 1.29 is 9.47 Å². The van der Waals surface area contributed by atoms with Gasteiger partial charge >= 0.3 is 0 Å². The molecule has 0 radical (unpaired) electrons. The maximum absolute atomic E-state index is 5.98. The average Bonchev–Trinajstić information content (AvgIpc) is 3.29. The molecule has 0 spiro atoms. The van der Waals surface area contributed by atoms with E-state index in [2.05, 4.69) is 32.7 Å². The fourth-order valence-electron chi connectivity index (χ4n) is 2.93. The SMILES string of the molecule is CN=C(NCc1ccccc1-n1ccnc1)NCC(C)Oc1ccccc1OC. The maximum Gasteiger partial charge on any atom is 0.191 e. The monoisotopic (exact) mass is 393 g/mol. The third-order valence-electron chi connectivity index (χ3n) is 4.40. The number of methoxy groups -OCH3 is 1. The lowest BCUT2D eigenvalue weighted by Crippen LogP contribution is -2.41. The summed E-state index contributed by atoms with van der Waals surface area (Å²) in [5.41, 5.74) is 2.23. The first kappa shape index (κ1) is 20.3. The van der Waals surface area contributed by atoms with Crippen molar-refractivity contribution in [2.75, 3.05) is 20.7 Å². The van der Waals surface area contributed by atoms with Crippen molar-refractivity contribution in [3.63, 3.8) is 0 Å². The van der Waals surface area contributed by atoms with Crippen LogP contribution in [0.1, 0.15) is 12.5 Å². The summed E-state index contributed by atoms with van der Waals surface area (Å²) in [6.45, 7) is 3.23. The third-order valence-corrected chi connectivity index (χ3v) is 4.40. The Morgan fingerprint density at radius 2 is 1.86 bits per heavy atom. The standard InChI is InChI=1S/C22H27N5O2/c1-17(29-21-11-7-6-10-20(21)28-3)14-25-22(23-2)26-15-18-8-4-5-9-19(18)27-13-12-24-16-27/h4-13,16-17H,14-15H2,1-3H3,(H2,23,25,26). The first-order chi connectivity index (χ1) is 14.2. The second kappa shape index (κ2) is 10.2. The average molecular weight is 393 g/mol. The van der Waals surface area contributed by atoms with Crippen molar-refractivity contribution in [3.05, 3.63) is 72.8 Å². The van der Waals surface area contributed by atoms with Crippen molar-refractivity contribution in [2.45, 2.75) is 19.6 Å². The molecule has 152 valence electrons. The van der Waals surface area contributed by atoms with Crippen LogP contribution in [0.25, 0.3) is 5.69 Å². The molecule has 29 heavy (non-hydrogen) atoms. The number of hydrogen-bond acceptors (Lipinski definition) is 4. The molecule has 2 aromatic carbocycles. The number of nitrogens with one attached hydrogen (secondary N) is 2. The van der Waals surface area contributed by atoms with Gasteiger partial charge < -0.3 is 24.7 Å². The van der Waals surface area contributed by atoms with Crippen LogP contribution in [0.2, 0.25) is 0 Å². The predicted octanol–water partition coefficient (Wildman–Crippen LogP) is 3.01. The van der Waals surface area contributed by atoms with Gasteiger partial charge in [-0.05, 0) is 30.7 Å². The van der Waals surface area contributed by atoms with E-state index in [0.29, 0.717) is 19.0 Å². The summed E-state index contributed by atoms with van der Waals surface area (Å²) < 4.78 is 13.3. The fourth-order valence-corrected chi connectivity index (χ4v) is 2.93. The van der Waals surface area contributed by atoms with Crippen LogP contribution in [0.4, 0.5) is 0 Å². The van der Waals surface area contributed by atoms with Gasteiger partial charge in [0.05, 0.1) is 25.7 Å². The summed E-state index contributed by atoms with van der Waals surface area (Å²) in [7, 11) is 3.39. The van der Waals surface area contributed by atoms with Gasteiger partial charge in [0, 0.05) is 26.0 Å². The Labute approximate surface area is 171 Å². The van der Waals surface area contributed by atoms with Gasteiger partial charge in [0.1, 0.15) is 6.10 Å². The number of hydrogen-bond donors (Lipinski definition) is 2. The molecule has 3 rings (SSSR count). The summed E-state index contributed by atoms with van der Waals surface area (Å²) in [5.74, 6) is 2.15. The lowest BCUT2D eigenvalue weighted by molar-refractivity contribution is 0.213. The smallest absolute Gasteiger partial charge is 0.191 e. The van der Waals surface area contributed by atoms with Gasteiger partial charge in [-0.1, -0.05) is 30.3 Å². The zero-order chi connectivity index (χ0) is 20.5. The van der Waals surface area contributed by atoms with Gasteiger partial charge in [-0.2, -0.15) is 0 Å². The zero-order valence-corrected chi connectivity index (χ0v) is 17.0. The molecule has 7 heteroatoms. The Hall–Kier alpha value is -3.48. The Bertz CT molecular complexity index is 924. The molecule has 0 saturated carbocycles. The highest BCUT2D eigenvalue weighted by Crippen LogP contribution is 2.26. The largest absolute Gasteiger partial charge is 0.493 e. The van der Waals surface area contributed by atoms with Gasteiger partial charge in [-0.15, -0.1) is 0 Å². The summed E-state index contributed by atoms with van der Waals surface area (Å²) in [4.78, 5) is 8.43. The molecule has 2 N–H and O–H groups in total. The van der Waals surface area contributed by atoms with Crippen LogP contribution in [0.15, 0.2) is 72.2 Å². The second-order valence-corrected chi connectivity index (χ2v) is 6.48. The molecular formula is C22H27N5O2. The zero-order valence-electron chi connectivity index (χ0n) is 17.0. The molecule has 0 aliphatic heterocycles. The Kier molecular flexibility index (Phi) is 7.10. The Morgan fingerprint density at radius 3 is 2.59 bits per heavy atom. The van der Waals surface area contributed by atoms with E-state index in [1.54, 1.807) is 26.7 Å². The number of guanidine groups is 1. The molecular weight excluding hydrogens is 366 g/mol. The van der Waals surface area contributed by atoms with Crippen molar-refractivity contribution in [1.29, 1.82) is 0 Å². The molecule has 1 heterocycles. The minimum atomic E-state index is -0.0666. The van der Waals surface area contributed by atoms with E-state index >= 15 is 0 Å². The fraction of sp³-hybridized carbons (Fsp3) is 0.273. The van der Waals surface area contributed by atoms with Crippen molar-refractivity contribution in [3.8, 4) is 17.2 Å². The van der Waals surface area contributed by atoms with Crippen LogP contribution in [-0.2, 0) is 6.54 Å². The third kappa shape index (κ3) is 5.51. The molecule has 1 unspecified atom stereocenters. The quantitative estimate of drug-likeness (QED) is 0.455. The van der Waals surface area contributed by atoms with E-state index in [1.807, 2.05) is 54.1 Å². The van der Waals surface area contributed by atoms with Crippen LogP contribution in [-0.4, -0.2) is 42.3 Å². The van der Waals surface area contributed by atoms with E-state index < -0.39 is 0 Å². The van der Waals surface area contributed by atoms with Crippen molar-refractivity contribution in [1.82, 2.24) is 20.2 Å². The van der Waals surface area contributed by atoms with Gasteiger partial charge in [-0.3, -0.25) is 4.99 Å². The van der Waals surface area contributed by atoms with E-state index in [4.69, 9.17) is 9.47 Å². The van der Waals surface area contributed by atoms with Gasteiger partial charge in [0.2, 0.25) is 0 Å². The second-order valence-electron chi connectivity index (χ2n) is 6.48. The number of rotatable bonds is 8. The normalized spacial score (nSPS) is 12.3. The summed E-state index contributed by atoms with van der Waals surface area (Å²) in [6, 6.07) is 15.8. The number of benzene rings is 2. The lowest BCUT2D eigenvalue weighted by atomic mass is 10.1. The predicted molar refractivity (Wildman–Crippen MR) is 115 cm³/mol. The molecule has 1 atom stereocenters. The molecule has 1 aromatic heterocycles. The van der Waals surface area contributed by atoms with Crippen LogP contribution in [0, 0.1) is 0 Å². The minimum absolute atomic E-state index is 0.0666.